The molecule has 6 heteroatoms. The first-order valence-electron chi connectivity index (χ1n) is 2.44. The minimum atomic E-state index is 0.425. The largest absolute Gasteiger partial charge is 0.334 e. The van der Waals surface area contributed by atoms with Crippen molar-refractivity contribution in [3.63, 3.8) is 0 Å². The molecule has 0 fully saturated rings. The molecular weight excluding hydrogens is 152 g/mol. The SMILES string of the molecule is [c]1nnoc1-c1csnn1. The second kappa shape index (κ2) is 2.14. The molecule has 2 aromatic heterocycles. The molecule has 0 N–H and O–H groups in total. The van der Waals surface area contributed by atoms with Crippen molar-refractivity contribution in [3.8, 4) is 11.5 Å². The van der Waals surface area contributed by atoms with Crippen molar-refractivity contribution < 1.29 is 4.52 Å². The summed E-state index contributed by atoms with van der Waals surface area (Å²) in [5.41, 5.74) is 0.620. The van der Waals surface area contributed by atoms with Crippen LogP contribution in [0.1, 0.15) is 0 Å². The number of nitrogens with zero attached hydrogens (tertiary/aromatic N) is 4. The molecule has 0 amide bonds. The van der Waals surface area contributed by atoms with E-state index in [1.807, 2.05) is 0 Å². The van der Waals surface area contributed by atoms with E-state index in [0.29, 0.717) is 11.5 Å². The third-order valence-electron chi connectivity index (χ3n) is 0.917. The predicted molar refractivity (Wildman–Crippen MR) is 32.0 cm³/mol. The van der Waals surface area contributed by atoms with Gasteiger partial charge in [0.1, 0.15) is 5.69 Å². The fourth-order valence-corrected chi connectivity index (χ4v) is 0.951. The third-order valence-corrected chi connectivity index (χ3v) is 1.42. The number of hydrogen-bond acceptors (Lipinski definition) is 6. The summed E-state index contributed by atoms with van der Waals surface area (Å²) in [5, 5.41) is 12.1. The highest BCUT2D eigenvalue weighted by Gasteiger charge is 2.04. The first-order chi connectivity index (χ1) is 4.97. The normalized spacial score (nSPS) is 10.0. The van der Waals surface area contributed by atoms with Gasteiger partial charge in [-0.15, -0.1) is 10.2 Å². The molecule has 1 radical (unpaired) electrons. The molecule has 0 aromatic carbocycles. The van der Waals surface area contributed by atoms with Crippen molar-refractivity contribution in [1.82, 2.24) is 20.0 Å². The van der Waals surface area contributed by atoms with Gasteiger partial charge in [-0.05, 0) is 11.5 Å². The Balaban J connectivity index is 2.48. The first kappa shape index (κ1) is 5.48. The van der Waals surface area contributed by atoms with E-state index in [1.165, 1.54) is 11.5 Å². The molecule has 49 valence electrons. The quantitative estimate of drug-likeness (QED) is 0.592. The lowest BCUT2D eigenvalue weighted by Crippen LogP contribution is -1.71. The molecular formula is C4HN4OS. The van der Waals surface area contributed by atoms with Crippen LogP contribution < -0.4 is 0 Å². The van der Waals surface area contributed by atoms with Gasteiger partial charge in [0, 0.05) is 10.7 Å². The molecule has 0 spiro atoms. The van der Waals surface area contributed by atoms with Gasteiger partial charge < -0.3 is 4.52 Å². The van der Waals surface area contributed by atoms with Gasteiger partial charge in [-0.1, -0.05) is 4.49 Å². The topological polar surface area (TPSA) is 64.7 Å². The Hall–Kier alpha value is -1.30. The van der Waals surface area contributed by atoms with Gasteiger partial charge in [-0.25, -0.2) is 0 Å². The molecule has 0 saturated heterocycles. The van der Waals surface area contributed by atoms with Crippen LogP contribution in [0.4, 0.5) is 0 Å². The minimum absolute atomic E-state index is 0.425. The maximum Gasteiger partial charge on any atom is 0.218 e. The predicted octanol–water partition coefficient (Wildman–Crippen LogP) is 0.388. The van der Waals surface area contributed by atoms with Gasteiger partial charge >= 0.3 is 0 Å². The zero-order valence-electron chi connectivity index (χ0n) is 4.68. The van der Waals surface area contributed by atoms with Crippen LogP contribution in [0.5, 0.6) is 0 Å². The fourth-order valence-electron chi connectivity index (χ4n) is 0.515. The zero-order chi connectivity index (χ0) is 6.81. The second-order valence-electron chi connectivity index (χ2n) is 1.50. The molecule has 2 heterocycles. The number of rotatable bonds is 1. The minimum Gasteiger partial charge on any atom is -0.334 e. The van der Waals surface area contributed by atoms with Crippen LogP contribution in [0, 0.1) is 6.20 Å². The first-order valence-corrected chi connectivity index (χ1v) is 3.28. The van der Waals surface area contributed by atoms with Gasteiger partial charge in [0.15, 0.2) is 6.20 Å². The molecule has 0 aliphatic heterocycles. The summed E-state index contributed by atoms with van der Waals surface area (Å²) in [5.74, 6) is 0.425. The second-order valence-corrected chi connectivity index (χ2v) is 2.11. The van der Waals surface area contributed by atoms with Crippen molar-refractivity contribution in [1.29, 1.82) is 0 Å². The van der Waals surface area contributed by atoms with E-state index >= 15 is 0 Å². The molecule has 2 aromatic rings. The van der Waals surface area contributed by atoms with Crippen LogP contribution >= 0.6 is 11.5 Å². The fraction of sp³-hybridized carbons (Fsp3) is 0. The average molecular weight is 153 g/mol. The number of hydrogen-bond donors (Lipinski definition) is 0. The molecule has 0 aliphatic carbocycles. The highest BCUT2D eigenvalue weighted by atomic mass is 32.1. The molecule has 0 bridgehead atoms. The van der Waals surface area contributed by atoms with Crippen LogP contribution in [0.25, 0.3) is 11.5 Å². The number of aromatic nitrogens is 4. The molecule has 0 aliphatic rings. The smallest absolute Gasteiger partial charge is 0.218 e. The maximum absolute atomic E-state index is 4.67. The van der Waals surface area contributed by atoms with E-state index in [2.05, 4.69) is 30.7 Å². The third kappa shape index (κ3) is 0.781. The molecule has 0 saturated carbocycles. The van der Waals surface area contributed by atoms with Crippen LogP contribution in [-0.4, -0.2) is 20.0 Å². The molecule has 0 unspecified atom stereocenters. The van der Waals surface area contributed by atoms with Crippen molar-refractivity contribution in [2.75, 3.05) is 0 Å². The van der Waals surface area contributed by atoms with Crippen LogP contribution in [0.3, 0.4) is 0 Å². The Kier molecular flexibility index (Phi) is 1.17. The average Bonchev–Trinajstić information content (AvgIpc) is 2.59. The molecule has 5 nitrogen and oxygen atoms in total. The summed E-state index contributed by atoms with van der Waals surface area (Å²) in [6, 6.07) is 0. The molecule has 2 rings (SSSR count). The maximum atomic E-state index is 4.67. The van der Waals surface area contributed by atoms with Gasteiger partial charge in [0.2, 0.25) is 5.76 Å². The summed E-state index contributed by atoms with van der Waals surface area (Å²) >= 11 is 1.24. The monoisotopic (exact) mass is 153 g/mol. The highest BCUT2D eigenvalue weighted by Crippen LogP contribution is 2.13. The van der Waals surface area contributed by atoms with E-state index in [4.69, 9.17) is 0 Å². The van der Waals surface area contributed by atoms with Crippen LogP contribution in [0.2, 0.25) is 0 Å². The summed E-state index contributed by atoms with van der Waals surface area (Å²) in [7, 11) is 0. The Morgan fingerprint density at radius 1 is 1.60 bits per heavy atom. The Bertz CT molecular complexity index is 257. The zero-order valence-corrected chi connectivity index (χ0v) is 5.50. The summed E-state index contributed by atoms with van der Waals surface area (Å²) in [4.78, 5) is 0. The van der Waals surface area contributed by atoms with Crippen LogP contribution in [0.15, 0.2) is 9.90 Å². The van der Waals surface area contributed by atoms with Gasteiger partial charge in [0.25, 0.3) is 0 Å². The highest BCUT2D eigenvalue weighted by molar-refractivity contribution is 7.03. The molecule has 10 heavy (non-hydrogen) atoms. The van der Waals surface area contributed by atoms with E-state index in [1.54, 1.807) is 5.38 Å². The lowest BCUT2D eigenvalue weighted by molar-refractivity contribution is 0.402. The van der Waals surface area contributed by atoms with E-state index in [9.17, 15) is 0 Å². The summed E-state index contributed by atoms with van der Waals surface area (Å²) in [6.45, 7) is 0. The van der Waals surface area contributed by atoms with E-state index in [0.717, 1.165) is 0 Å². The molecule has 0 atom stereocenters. The van der Waals surface area contributed by atoms with E-state index < -0.39 is 0 Å². The van der Waals surface area contributed by atoms with Gasteiger partial charge in [-0.3, -0.25) is 0 Å². The lowest BCUT2D eigenvalue weighted by Gasteiger charge is -1.77. The van der Waals surface area contributed by atoms with Crippen molar-refractivity contribution in [2.45, 2.75) is 0 Å². The van der Waals surface area contributed by atoms with Gasteiger partial charge in [-0.2, -0.15) is 0 Å². The van der Waals surface area contributed by atoms with E-state index in [-0.39, 0.29) is 0 Å². The van der Waals surface area contributed by atoms with Crippen molar-refractivity contribution in [2.24, 2.45) is 0 Å². The van der Waals surface area contributed by atoms with Gasteiger partial charge in [0.05, 0.1) is 0 Å². The Morgan fingerprint density at radius 2 is 2.60 bits per heavy atom. The lowest BCUT2D eigenvalue weighted by atomic mass is 10.4. The standard InChI is InChI=1S/C4HN4OS/c1-4(9-7-5-1)3-2-10-8-6-3/h2H. The summed E-state index contributed by atoms with van der Waals surface area (Å²) in [6.07, 6.45) is 2.52. The van der Waals surface area contributed by atoms with Crippen LogP contribution in [-0.2, 0) is 0 Å². The van der Waals surface area contributed by atoms with Crippen molar-refractivity contribution in [3.05, 3.63) is 11.6 Å². The summed E-state index contributed by atoms with van der Waals surface area (Å²) < 4.78 is 8.30. The van der Waals surface area contributed by atoms with Crippen molar-refractivity contribution >= 4 is 11.5 Å². The Morgan fingerprint density at radius 3 is 3.20 bits per heavy atom. The Labute approximate surface area is 59.8 Å².